The number of benzene rings is 1. The number of carbonyl (C=O) groups excluding carboxylic acids is 1. The van der Waals surface area contributed by atoms with Crippen LogP contribution in [0.5, 0.6) is 0 Å². The van der Waals surface area contributed by atoms with E-state index >= 15 is 0 Å². The number of carbonyl (C=O) groups is 1. The summed E-state index contributed by atoms with van der Waals surface area (Å²) in [6.07, 6.45) is 0.781. The Kier molecular flexibility index (Phi) is 3.70. The fourth-order valence-electron chi connectivity index (χ4n) is 1.30. The van der Waals surface area contributed by atoms with E-state index in [9.17, 15) is 13.2 Å². The van der Waals surface area contributed by atoms with Crippen molar-refractivity contribution in [3.63, 3.8) is 0 Å². The van der Waals surface area contributed by atoms with E-state index < -0.39 is 9.84 Å². The summed E-state index contributed by atoms with van der Waals surface area (Å²) in [6, 6.07) is 6.29. The largest absolute Gasteiger partial charge is 0.458 e. The van der Waals surface area contributed by atoms with E-state index in [0.29, 0.717) is 0 Å². The first-order valence-electron chi connectivity index (χ1n) is 4.78. The molecule has 1 rings (SSSR count). The zero-order chi connectivity index (χ0) is 12.3. The van der Waals surface area contributed by atoms with E-state index in [4.69, 9.17) is 4.74 Å². The maximum Gasteiger partial charge on any atom is 0.303 e. The highest BCUT2D eigenvalue weighted by atomic mass is 32.2. The van der Waals surface area contributed by atoms with Gasteiger partial charge in [0.05, 0.1) is 4.90 Å². The van der Waals surface area contributed by atoms with Crippen LogP contribution in [0.15, 0.2) is 29.2 Å². The Labute approximate surface area is 95.2 Å². The third-order valence-electron chi connectivity index (χ3n) is 2.12. The number of ether oxygens (including phenoxy) is 1. The van der Waals surface area contributed by atoms with Gasteiger partial charge in [0.15, 0.2) is 9.84 Å². The van der Waals surface area contributed by atoms with Crippen molar-refractivity contribution in [2.24, 2.45) is 0 Å². The highest BCUT2D eigenvalue weighted by Crippen LogP contribution is 2.19. The molecule has 0 aromatic heterocycles. The lowest BCUT2D eigenvalue weighted by molar-refractivity contribution is -0.145. The minimum Gasteiger partial charge on any atom is -0.458 e. The van der Waals surface area contributed by atoms with Crippen molar-refractivity contribution in [1.82, 2.24) is 0 Å². The molecule has 0 heterocycles. The Morgan fingerprint density at radius 2 is 1.75 bits per heavy atom. The first kappa shape index (κ1) is 12.7. The molecule has 0 fully saturated rings. The predicted octanol–water partition coefficient (Wildman–Crippen LogP) is 1.71. The molecule has 0 spiro atoms. The van der Waals surface area contributed by atoms with Gasteiger partial charge >= 0.3 is 5.97 Å². The van der Waals surface area contributed by atoms with Crippen LogP contribution >= 0.6 is 0 Å². The fraction of sp³-hybridized carbons (Fsp3) is 0.364. The van der Waals surface area contributed by atoms with Crippen molar-refractivity contribution >= 4 is 15.8 Å². The Morgan fingerprint density at radius 1 is 1.25 bits per heavy atom. The maximum atomic E-state index is 11.2. The van der Waals surface area contributed by atoms with Crippen LogP contribution in [0.2, 0.25) is 0 Å². The normalized spacial score (nSPS) is 13.2. The molecule has 0 N–H and O–H groups in total. The van der Waals surface area contributed by atoms with Crippen molar-refractivity contribution < 1.29 is 17.9 Å². The van der Waals surface area contributed by atoms with Crippen LogP contribution < -0.4 is 0 Å². The van der Waals surface area contributed by atoms with Crippen LogP contribution in [-0.4, -0.2) is 20.6 Å². The lowest BCUT2D eigenvalue weighted by Crippen LogP contribution is -2.05. The molecular weight excluding hydrogens is 228 g/mol. The summed E-state index contributed by atoms with van der Waals surface area (Å²) in [7, 11) is -3.18. The van der Waals surface area contributed by atoms with Gasteiger partial charge in [-0.2, -0.15) is 0 Å². The Hall–Kier alpha value is -1.36. The van der Waals surface area contributed by atoms with Gasteiger partial charge in [-0.1, -0.05) is 12.1 Å². The molecule has 1 aromatic rings. The van der Waals surface area contributed by atoms with Crippen LogP contribution in [0.4, 0.5) is 0 Å². The first-order valence-corrected chi connectivity index (χ1v) is 6.67. The highest BCUT2D eigenvalue weighted by molar-refractivity contribution is 7.90. The van der Waals surface area contributed by atoms with E-state index in [0.717, 1.165) is 11.8 Å². The Morgan fingerprint density at radius 3 is 2.12 bits per heavy atom. The van der Waals surface area contributed by atoms with Crippen LogP contribution in [0, 0.1) is 0 Å². The molecule has 1 unspecified atom stereocenters. The van der Waals surface area contributed by atoms with E-state index in [1.54, 1.807) is 19.1 Å². The molecule has 88 valence electrons. The molecule has 0 bridgehead atoms. The van der Waals surface area contributed by atoms with E-state index in [1.807, 2.05) is 0 Å². The molecule has 0 aliphatic rings. The maximum absolute atomic E-state index is 11.2. The minimum absolute atomic E-state index is 0.256. The van der Waals surface area contributed by atoms with Gasteiger partial charge in [0.1, 0.15) is 6.10 Å². The summed E-state index contributed by atoms with van der Waals surface area (Å²) < 4.78 is 27.4. The summed E-state index contributed by atoms with van der Waals surface area (Å²) >= 11 is 0. The molecule has 0 aliphatic heterocycles. The number of rotatable bonds is 3. The topological polar surface area (TPSA) is 60.4 Å². The van der Waals surface area contributed by atoms with E-state index in [2.05, 4.69) is 0 Å². The zero-order valence-electron chi connectivity index (χ0n) is 9.43. The minimum atomic E-state index is -3.18. The van der Waals surface area contributed by atoms with Gasteiger partial charge in [0, 0.05) is 13.2 Å². The molecule has 5 heteroatoms. The molecular formula is C11H14O4S. The first-order chi connectivity index (χ1) is 7.30. The molecule has 16 heavy (non-hydrogen) atoms. The average Bonchev–Trinajstić information content (AvgIpc) is 2.15. The monoisotopic (exact) mass is 242 g/mol. The third kappa shape index (κ3) is 3.34. The molecule has 0 saturated carbocycles. The van der Waals surface area contributed by atoms with Crippen LogP contribution in [0.3, 0.4) is 0 Å². The van der Waals surface area contributed by atoms with Crippen molar-refractivity contribution in [3.8, 4) is 0 Å². The summed E-state index contributed by atoms with van der Waals surface area (Å²) in [4.78, 5) is 11.0. The van der Waals surface area contributed by atoms with Crippen molar-refractivity contribution in [2.75, 3.05) is 6.26 Å². The number of sulfone groups is 1. The van der Waals surface area contributed by atoms with Gasteiger partial charge < -0.3 is 4.74 Å². The lowest BCUT2D eigenvalue weighted by Gasteiger charge is -2.12. The zero-order valence-corrected chi connectivity index (χ0v) is 10.2. The van der Waals surface area contributed by atoms with Crippen molar-refractivity contribution in [2.45, 2.75) is 24.8 Å². The average molecular weight is 242 g/mol. The van der Waals surface area contributed by atoms with Crippen LogP contribution in [0.1, 0.15) is 25.5 Å². The van der Waals surface area contributed by atoms with Crippen molar-refractivity contribution in [3.05, 3.63) is 29.8 Å². The fourth-order valence-corrected chi connectivity index (χ4v) is 1.93. The summed E-state index contributed by atoms with van der Waals surface area (Å²) in [6.45, 7) is 3.07. The molecule has 1 aromatic carbocycles. The third-order valence-corrected chi connectivity index (χ3v) is 3.25. The van der Waals surface area contributed by atoms with Gasteiger partial charge in [-0.25, -0.2) is 8.42 Å². The number of esters is 1. The van der Waals surface area contributed by atoms with E-state index in [1.165, 1.54) is 19.1 Å². The molecule has 0 amide bonds. The van der Waals surface area contributed by atoms with E-state index in [-0.39, 0.29) is 17.0 Å². The smallest absolute Gasteiger partial charge is 0.303 e. The molecule has 1 atom stereocenters. The van der Waals surface area contributed by atoms with Gasteiger partial charge in [-0.05, 0) is 24.6 Å². The van der Waals surface area contributed by atoms with Gasteiger partial charge in [-0.3, -0.25) is 4.79 Å². The highest BCUT2D eigenvalue weighted by Gasteiger charge is 2.11. The summed E-state index contributed by atoms with van der Waals surface area (Å²) in [5, 5.41) is 0. The lowest BCUT2D eigenvalue weighted by atomic mass is 10.1. The Balaban J connectivity index is 2.91. The molecule has 4 nitrogen and oxygen atoms in total. The van der Waals surface area contributed by atoms with Crippen molar-refractivity contribution in [1.29, 1.82) is 0 Å². The molecule has 0 aliphatic carbocycles. The molecule has 0 saturated heterocycles. The Bertz CT molecular complexity index is 473. The second-order valence-corrected chi connectivity index (χ2v) is 5.61. The SMILES string of the molecule is CC(=O)OC(C)c1ccc(S(C)(=O)=O)cc1. The predicted molar refractivity (Wildman–Crippen MR) is 59.7 cm³/mol. The second-order valence-electron chi connectivity index (χ2n) is 3.59. The summed E-state index contributed by atoms with van der Waals surface area (Å²) in [5.74, 6) is -0.361. The quantitative estimate of drug-likeness (QED) is 0.757. The van der Waals surface area contributed by atoms with Gasteiger partial charge in [0.25, 0.3) is 0 Å². The number of hydrogen-bond donors (Lipinski definition) is 0. The second kappa shape index (κ2) is 4.65. The van der Waals surface area contributed by atoms with Gasteiger partial charge in [0.2, 0.25) is 0 Å². The standard InChI is InChI=1S/C11H14O4S/c1-8(15-9(2)12)10-4-6-11(7-5-10)16(3,13)14/h4-8H,1-3H3. The number of hydrogen-bond acceptors (Lipinski definition) is 4. The summed E-state index contributed by atoms with van der Waals surface area (Å²) in [5.41, 5.74) is 0.766. The molecule has 0 radical (unpaired) electrons. The van der Waals surface area contributed by atoms with Crippen LogP contribution in [0.25, 0.3) is 0 Å². The van der Waals surface area contributed by atoms with Crippen LogP contribution in [-0.2, 0) is 19.4 Å². The van der Waals surface area contributed by atoms with Gasteiger partial charge in [-0.15, -0.1) is 0 Å².